The number of carbonyl (C=O) groups is 1. The van der Waals surface area contributed by atoms with Crippen molar-refractivity contribution in [1.82, 2.24) is 5.32 Å². The molecule has 1 atom stereocenters. The van der Waals surface area contributed by atoms with Gasteiger partial charge in [0.1, 0.15) is 5.75 Å². The van der Waals surface area contributed by atoms with E-state index in [2.05, 4.69) is 21.2 Å². The van der Waals surface area contributed by atoms with Crippen LogP contribution in [0.25, 0.3) is 0 Å². The van der Waals surface area contributed by atoms with Crippen molar-refractivity contribution >= 4 is 43.3 Å². The molecular formula is C17H17BrClNO3S. The van der Waals surface area contributed by atoms with E-state index in [0.29, 0.717) is 11.4 Å². The second-order valence-electron chi connectivity index (χ2n) is 5.29. The Balaban J connectivity index is 2.08. The largest absolute Gasteiger partial charge is 0.348 e. The van der Waals surface area contributed by atoms with Crippen LogP contribution in [0.15, 0.2) is 57.9 Å². The van der Waals surface area contributed by atoms with Crippen LogP contribution < -0.4 is 5.32 Å². The monoisotopic (exact) mass is 429 g/mol. The highest BCUT2D eigenvalue weighted by molar-refractivity contribution is 9.10. The van der Waals surface area contributed by atoms with E-state index in [1.54, 1.807) is 0 Å². The molecule has 0 heterocycles. The van der Waals surface area contributed by atoms with Crippen molar-refractivity contribution in [3.05, 3.63) is 63.6 Å². The van der Waals surface area contributed by atoms with Gasteiger partial charge in [-0.3, -0.25) is 4.79 Å². The lowest BCUT2D eigenvalue weighted by molar-refractivity contribution is -0.119. The van der Waals surface area contributed by atoms with E-state index in [4.69, 9.17) is 11.6 Å². The number of sulfone groups is 1. The van der Waals surface area contributed by atoms with Gasteiger partial charge in [0.15, 0.2) is 9.84 Å². The summed E-state index contributed by atoms with van der Waals surface area (Å²) in [4.78, 5) is 12.3. The summed E-state index contributed by atoms with van der Waals surface area (Å²) in [6, 6.07) is 13.1. The van der Waals surface area contributed by atoms with Gasteiger partial charge in [-0.15, -0.1) is 0 Å². The summed E-state index contributed by atoms with van der Waals surface area (Å²) in [7, 11) is -3.70. The number of rotatable bonds is 6. The normalized spacial score (nSPS) is 12.6. The molecule has 0 aromatic heterocycles. The highest BCUT2D eigenvalue weighted by Gasteiger charge is 2.21. The standard InChI is InChI=1S/C17H17BrClNO3S/c1-2-16(12-3-5-13(18)6-4-12)20-17(21)11-24(22,23)15-9-7-14(19)8-10-15/h3-10,16H,2,11H2,1H3,(H,20,21). The summed E-state index contributed by atoms with van der Waals surface area (Å²) in [6.45, 7) is 1.93. The number of halogens is 2. The molecular weight excluding hydrogens is 414 g/mol. The van der Waals surface area contributed by atoms with E-state index in [1.165, 1.54) is 24.3 Å². The molecule has 1 N–H and O–H groups in total. The van der Waals surface area contributed by atoms with E-state index in [9.17, 15) is 13.2 Å². The number of hydrogen-bond donors (Lipinski definition) is 1. The van der Waals surface area contributed by atoms with Crippen LogP contribution in [0.2, 0.25) is 5.02 Å². The second-order valence-corrected chi connectivity index (χ2v) is 8.63. The van der Waals surface area contributed by atoms with Crippen molar-refractivity contribution in [2.45, 2.75) is 24.3 Å². The van der Waals surface area contributed by atoms with Crippen LogP contribution in [0.4, 0.5) is 0 Å². The summed E-state index contributed by atoms with van der Waals surface area (Å²) in [5.74, 6) is -1.12. The molecule has 4 nitrogen and oxygen atoms in total. The summed E-state index contributed by atoms with van der Waals surface area (Å²) in [5, 5.41) is 3.22. The van der Waals surface area contributed by atoms with Crippen LogP contribution in [0.3, 0.4) is 0 Å². The third kappa shape index (κ3) is 5.06. The second kappa shape index (κ2) is 8.14. The average molecular weight is 431 g/mol. The SMILES string of the molecule is CCC(NC(=O)CS(=O)(=O)c1ccc(Cl)cc1)c1ccc(Br)cc1. The third-order valence-corrected chi connectivity index (χ3v) is 5.92. The lowest BCUT2D eigenvalue weighted by Crippen LogP contribution is -2.33. The predicted octanol–water partition coefficient (Wildman–Crippen LogP) is 4.14. The van der Waals surface area contributed by atoms with Crippen molar-refractivity contribution in [2.24, 2.45) is 0 Å². The van der Waals surface area contributed by atoms with Crippen molar-refractivity contribution in [2.75, 3.05) is 5.75 Å². The van der Waals surface area contributed by atoms with Crippen molar-refractivity contribution in [3.8, 4) is 0 Å². The van der Waals surface area contributed by atoms with E-state index in [-0.39, 0.29) is 10.9 Å². The number of hydrogen-bond acceptors (Lipinski definition) is 3. The van der Waals surface area contributed by atoms with E-state index < -0.39 is 21.5 Å². The zero-order valence-electron chi connectivity index (χ0n) is 13.0. The van der Waals surface area contributed by atoms with Crippen LogP contribution in [0.1, 0.15) is 24.9 Å². The van der Waals surface area contributed by atoms with Crippen LogP contribution in [-0.2, 0) is 14.6 Å². The fraction of sp³-hybridized carbons (Fsp3) is 0.235. The molecule has 2 rings (SSSR count). The van der Waals surface area contributed by atoms with Gasteiger partial charge in [-0.2, -0.15) is 0 Å². The highest BCUT2D eigenvalue weighted by atomic mass is 79.9. The van der Waals surface area contributed by atoms with Gasteiger partial charge in [-0.05, 0) is 48.4 Å². The van der Waals surface area contributed by atoms with Gasteiger partial charge in [0.05, 0.1) is 10.9 Å². The highest BCUT2D eigenvalue weighted by Crippen LogP contribution is 2.20. The van der Waals surface area contributed by atoms with Crippen LogP contribution in [-0.4, -0.2) is 20.1 Å². The Morgan fingerprint density at radius 1 is 1.12 bits per heavy atom. The first kappa shape index (κ1) is 19.0. The Morgan fingerprint density at radius 3 is 2.25 bits per heavy atom. The molecule has 128 valence electrons. The fourth-order valence-corrected chi connectivity index (χ4v) is 3.79. The Labute approximate surface area is 155 Å². The molecule has 2 aromatic rings. The van der Waals surface area contributed by atoms with Crippen molar-refractivity contribution in [1.29, 1.82) is 0 Å². The number of carbonyl (C=O) groups excluding carboxylic acids is 1. The molecule has 0 aliphatic carbocycles. The average Bonchev–Trinajstić information content (AvgIpc) is 2.53. The number of nitrogens with one attached hydrogen (secondary N) is 1. The third-order valence-electron chi connectivity index (χ3n) is 3.51. The number of amides is 1. The molecule has 24 heavy (non-hydrogen) atoms. The summed E-state index contributed by atoms with van der Waals surface area (Å²) in [6.07, 6.45) is 0.661. The first-order valence-electron chi connectivity index (χ1n) is 7.35. The molecule has 0 bridgehead atoms. The van der Waals surface area contributed by atoms with Gasteiger partial charge in [-0.25, -0.2) is 8.42 Å². The summed E-state index contributed by atoms with van der Waals surface area (Å²) in [5.41, 5.74) is 0.929. The van der Waals surface area contributed by atoms with Crippen LogP contribution >= 0.6 is 27.5 Å². The molecule has 0 aliphatic heterocycles. The fourth-order valence-electron chi connectivity index (χ4n) is 2.25. The quantitative estimate of drug-likeness (QED) is 0.749. The van der Waals surface area contributed by atoms with Gasteiger partial charge in [0.2, 0.25) is 5.91 Å². The molecule has 2 aromatic carbocycles. The lowest BCUT2D eigenvalue weighted by Gasteiger charge is -2.17. The minimum absolute atomic E-state index is 0.0822. The van der Waals surface area contributed by atoms with Gasteiger partial charge >= 0.3 is 0 Å². The molecule has 0 saturated carbocycles. The van der Waals surface area contributed by atoms with Crippen molar-refractivity contribution in [3.63, 3.8) is 0 Å². The lowest BCUT2D eigenvalue weighted by atomic mass is 10.0. The van der Waals surface area contributed by atoms with E-state index in [1.807, 2.05) is 31.2 Å². The van der Waals surface area contributed by atoms with Gasteiger partial charge in [-0.1, -0.05) is 46.6 Å². The molecule has 7 heteroatoms. The maximum atomic E-state index is 12.3. The van der Waals surface area contributed by atoms with Gasteiger partial charge < -0.3 is 5.32 Å². The Kier molecular flexibility index (Phi) is 6.43. The van der Waals surface area contributed by atoms with Crippen molar-refractivity contribution < 1.29 is 13.2 Å². The Hall–Kier alpha value is -1.37. The minimum Gasteiger partial charge on any atom is -0.348 e. The topological polar surface area (TPSA) is 63.2 Å². The molecule has 1 unspecified atom stereocenters. The predicted molar refractivity (Wildman–Crippen MR) is 98.8 cm³/mol. The molecule has 0 fully saturated rings. The Bertz CT molecular complexity index is 805. The smallest absolute Gasteiger partial charge is 0.236 e. The van der Waals surface area contributed by atoms with Crippen LogP contribution in [0, 0.1) is 0 Å². The first-order chi connectivity index (χ1) is 11.3. The minimum atomic E-state index is -3.70. The molecule has 0 radical (unpaired) electrons. The maximum Gasteiger partial charge on any atom is 0.236 e. The van der Waals surface area contributed by atoms with Gasteiger partial charge in [0.25, 0.3) is 0 Å². The zero-order valence-corrected chi connectivity index (χ0v) is 16.2. The maximum absolute atomic E-state index is 12.3. The zero-order chi connectivity index (χ0) is 17.7. The van der Waals surface area contributed by atoms with Crippen LogP contribution in [0.5, 0.6) is 0 Å². The summed E-state index contributed by atoms with van der Waals surface area (Å²) < 4.78 is 25.5. The van der Waals surface area contributed by atoms with E-state index >= 15 is 0 Å². The van der Waals surface area contributed by atoms with E-state index in [0.717, 1.165) is 10.0 Å². The summed E-state index contributed by atoms with van der Waals surface area (Å²) >= 11 is 9.12. The Morgan fingerprint density at radius 2 is 1.71 bits per heavy atom. The molecule has 0 spiro atoms. The number of benzene rings is 2. The molecule has 0 saturated heterocycles. The first-order valence-corrected chi connectivity index (χ1v) is 10.2. The molecule has 1 amide bonds. The van der Waals surface area contributed by atoms with Gasteiger partial charge in [0, 0.05) is 9.50 Å². The molecule has 0 aliphatic rings.